The van der Waals surface area contributed by atoms with Gasteiger partial charge in [-0.25, -0.2) is 8.78 Å². The van der Waals surface area contributed by atoms with E-state index >= 15 is 0 Å². The molecule has 2 nitrogen and oxygen atoms in total. The molecular formula is C9H9F5N2. The van der Waals surface area contributed by atoms with Crippen molar-refractivity contribution in [1.82, 2.24) is 4.98 Å². The van der Waals surface area contributed by atoms with Crippen LogP contribution in [0.4, 0.5) is 22.0 Å². The Hall–Kier alpha value is -1.24. The minimum Gasteiger partial charge on any atom is -0.317 e. The molecule has 1 aromatic rings. The van der Waals surface area contributed by atoms with Gasteiger partial charge in [0.05, 0.1) is 0 Å². The molecule has 0 aliphatic carbocycles. The van der Waals surface area contributed by atoms with Crippen LogP contribution in [0.15, 0.2) is 18.3 Å². The van der Waals surface area contributed by atoms with Crippen LogP contribution >= 0.6 is 0 Å². The maximum Gasteiger partial charge on any atom is 0.433 e. The van der Waals surface area contributed by atoms with Crippen molar-refractivity contribution in [3.63, 3.8) is 0 Å². The van der Waals surface area contributed by atoms with E-state index < -0.39 is 29.4 Å². The molecule has 0 amide bonds. The van der Waals surface area contributed by atoms with E-state index in [9.17, 15) is 22.0 Å². The molecule has 0 radical (unpaired) electrons. The number of hydrogen-bond donors (Lipinski definition) is 1. The van der Waals surface area contributed by atoms with E-state index in [1.54, 1.807) is 0 Å². The predicted molar refractivity (Wildman–Crippen MR) is 46.8 cm³/mol. The van der Waals surface area contributed by atoms with E-state index in [0.717, 1.165) is 25.3 Å². The van der Waals surface area contributed by atoms with Gasteiger partial charge >= 0.3 is 6.18 Å². The molecule has 1 rings (SSSR count). The van der Waals surface area contributed by atoms with E-state index in [4.69, 9.17) is 5.73 Å². The van der Waals surface area contributed by atoms with Crippen LogP contribution in [-0.4, -0.2) is 11.4 Å². The van der Waals surface area contributed by atoms with E-state index in [1.165, 1.54) is 0 Å². The minimum atomic E-state index is -4.80. The third-order valence-corrected chi connectivity index (χ3v) is 2.11. The van der Waals surface area contributed by atoms with Crippen molar-refractivity contribution in [3.8, 4) is 0 Å². The molecule has 90 valence electrons. The summed E-state index contributed by atoms with van der Waals surface area (Å²) in [7, 11) is 0. The van der Waals surface area contributed by atoms with Crippen LogP contribution in [0, 0.1) is 0 Å². The Labute approximate surface area is 88.3 Å². The molecule has 1 unspecified atom stereocenters. The minimum absolute atomic E-state index is 0.711. The summed E-state index contributed by atoms with van der Waals surface area (Å²) < 4.78 is 62.5. The highest BCUT2D eigenvalue weighted by Gasteiger charge is 2.43. The molecule has 0 aliphatic heterocycles. The zero-order valence-electron chi connectivity index (χ0n) is 8.22. The molecule has 0 saturated carbocycles. The zero-order chi connectivity index (χ0) is 12.6. The summed E-state index contributed by atoms with van der Waals surface area (Å²) in [5.41, 5.74) is 0.727. The average Bonchev–Trinajstić information content (AvgIpc) is 2.16. The molecule has 0 fully saturated rings. The number of nitrogens with zero attached hydrogens (tertiary/aromatic N) is 1. The Bertz CT molecular complexity index is 372. The van der Waals surface area contributed by atoms with Gasteiger partial charge in [0.1, 0.15) is 11.2 Å². The lowest BCUT2D eigenvalue weighted by Gasteiger charge is -2.26. The first-order chi connectivity index (χ1) is 7.17. The first kappa shape index (κ1) is 12.8. The van der Waals surface area contributed by atoms with Gasteiger partial charge in [-0.15, -0.1) is 0 Å². The number of alkyl halides is 5. The summed E-state index contributed by atoms with van der Waals surface area (Å²) in [5, 5.41) is 0. The molecular weight excluding hydrogens is 231 g/mol. The number of nitrogens with two attached hydrogens (primary N) is 1. The van der Waals surface area contributed by atoms with E-state index in [0.29, 0.717) is 0 Å². The van der Waals surface area contributed by atoms with Crippen molar-refractivity contribution >= 4 is 0 Å². The van der Waals surface area contributed by atoms with E-state index in [-0.39, 0.29) is 0 Å². The largest absolute Gasteiger partial charge is 0.433 e. The second-order valence-electron chi connectivity index (χ2n) is 3.48. The van der Waals surface area contributed by atoms with Crippen LogP contribution in [-0.2, 0) is 11.7 Å². The monoisotopic (exact) mass is 240 g/mol. The van der Waals surface area contributed by atoms with E-state index in [2.05, 4.69) is 4.98 Å². The summed E-state index contributed by atoms with van der Waals surface area (Å²) >= 11 is 0. The van der Waals surface area contributed by atoms with Crippen molar-refractivity contribution in [3.05, 3.63) is 29.6 Å². The van der Waals surface area contributed by atoms with Crippen LogP contribution in [0.5, 0.6) is 0 Å². The smallest absolute Gasteiger partial charge is 0.317 e. The van der Waals surface area contributed by atoms with Gasteiger partial charge in [0.2, 0.25) is 0 Å². The Kier molecular flexibility index (Phi) is 3.18. The molecule has 2 N–H and O–H groups in total. The Balaban J connectivity index is 3.35. The van der Waals surface area contributed by atoms with Crippen molar-refractivity contribution in [2.75, 3.05) is 0 Å². The molecule has 0 spiro atoms. The van der Waals surface area contributed by atoms with Gasteiger partial charge in [-0.05, 0) is 13.0 Å². The topological polar surface area (TPSA) is 38.9 Å². The summed E-state index contributed by atoms with van der Waals surface area (Å²) in [6, 6.07) is 2.04. The Morgan fingerprint density at radius 1 is 1.31 bits per heavy atom. The molecule has 0 saturated heterocycles. The third kappa shape index (κ3) is 2.29. The van der Waals surface area contributed by atoms with Crippen molar-refractivity contribution in [2.45, 2.75) is 25.1 Å². The zero-order valence-corrected chi connectivity index (χ0v) is 8.22. The number of aromatic nitrogens is 1. The lowest BCUT2D eigenvalue weighted by atomic mass is 9.92. The van der Waals surface area contributed by atoms with Crippen LogP contribution in [0.3, 0.4) is 0 Å². The summed E-state index contributed by atoms with van der Waals surface area (Å²) in [6.07, 6.45) is -7.03. The number of hydrogen-bond acceptors (Lipinski definition) is 2. The molecule has 0 aromatic carbocycles. The molecule has 1 heterocycles. The van der Waals surface area contributed by atoms with Crippen LogP contribution < -0.4 is 5.73 Å². The fourth-order valence-corrected chi connectivity index (χ4v) is 1.18. The van der Waals surface area contributed by atoms with Gasteiger partial charge in [-0.1, -0.05) is 6.07 Å². The van der Waals surface area contributed by atoms with Gasteiger partial charge in [-0.3, -0.25) is 4.98 Å². The van der Waals surface area contributed by atoms with Gasteiger partial charge in [0, 0.05) is 11.8 Å². The second kappa shape index (κ2) is 3.97. The highest BCUT2D eigenvalue weighted by molar-refractivity contribution is 5.30. The van der Waals surface area contributed by atoms with Gasteiger partial charge in [-0.2, -0.15) is 13.2 Å². The molecule has 7 heteroatoms. The van der Waals surface area contributed by atoms with Crippen LogP contribution in [0.25, 0.3) is 0 Å². The molecule has 1 atom stereocenters. The molecule has 16 heavy (non-hydrogen) atoms. The second-order valence-corrected chi connectivity index (χ2v) is 3.48. The number of rotatable bonds is 2. The summed E-state index contributed by atoms with van der Waals surface area (Å²) in [5.74, 6) is 0. The lowest BCUT2D eigenvalue weighted by molar-refractivity contribution is -0.143. The average molecular weight is 240 g/mol. The van der Waals surface area contributed by atoms with E-state index in [1.807, 2.05) is 0 Å². The quantitative estimate of drug-likeness (QED) is 0.807. The molecule has 0 aliphatic rings. The van der Waals surface area contributed by atoms with Crippen LogP contribution in [0.1, 0.15) is 18.2 Å². The predicted octanol–water partition coefficient (Wildman–Crippen LogP) is 2.54. The fourth-order valence-electron chi connectivity index (χ4n) is 1.18. The van der Waals surface area contributed by atoms with Crippen molar-refractivity contribution in [1.29, 1.82) is 0 Å². The first-order valence-electron chi connectivity index (χ1n) is 4.27. The highest BCUT2D eigenvalue weighted by atomic mass is 19.4. The summed E-state index contributed by atoms with van der Waals surface area (Å²) in [4.78, 5) is 3.06. The fraction of sp³-hybridized carbons (Fsp3) is 0.444. The maximum atomic E-state index is 12.5. The van der Waals surface area contributed by atoms with Gasteiger partial charge in [0.25, 0.3) is 6.43 Å². The standard InChI is InChI=1S/C9H9F5N2/c1-8(15,7(10)11)5-3-2-4-16-6(5)9(12,13)14/h2-4,7H,15H2,1H3. The van der Waals surface area contributed by atoms with Crippen molar-refractivity contribution in [2.24, 2.45) is 5.73 Å². The molecule has 0 bridgehead atoms. The highest BCUT2D eigenvalue weighted by Crippen LogP contribution is 2.36. The number of halogens is 5. The normalized spacial score (nSPS) is 16.2. The Morgan fingerprint density at radius 3 is 2.31 bits per heavy atom. The third-order valence-electron chi connectivity index (χ3n) is 2.11. The van der Waals surface area contributed by atoms with Gasteiger partial charge in [0.15, 0.2) is 0 Å². The number of pyridine rings is 1. The van der Waals surface area contributed by atoms with Gasteiger partial charge < -0.3 is 5.73 Å². The maximum absolute atomic E-state index is 12.5. The summed E-state index contributed by atoms with van der Waals surface area (Å²) in [6.45, 7) is 0.837. The SMILES string of the molecule is CC(N)(c1cccnc1C(F)(F)F)C(F)F. The molecule has 1 aromatic heterocycles. The lowest BCUT2D eigenvalue weighted by Crippen LogP contribution is -2.42. The van der Waals surface area contributed by atoms with Crippen molar-refractivity contribution < 1.29 is 22.0 Å². The first-order valence-corrected chi connectivity index (χ1v) is 4.27. The van der Waals surface area contributed by atoms with Crippen LogP contribution in [0.2, 0.25) is 0 Å². The Morgan fingerprint density at radius 2 is 1.88 bits per heavy atom.